The van der Waals surface area contributed by atoms with Crippen LogP contribution in [0.5, 0.6) is 0 Å². The lowest BCUT2D eigenvalue weighted by atomic mass is 10.3. The molecule has 0 aliphatic carbocycles. The maximum absolute atomic E-state index is 12.1. The van der Waals surface area contributed by atoms with Gasteiger partial charge in [0.05, 0.1) is 16.7 Å². The second kappa shape index (κ2) is 6.42. The van der Waals surface area contributed by atoms with Crippen LogP contribution in [0.2, 0.25) is 0 Å². The molecular formula is C13H16N2O4S2. The zero-order valence-corrected chi connectivity index (χ0v) is 13.3. The van der Waals surface area contributed by atoms with Gasteiger partial charge in [-0.05, 0) is 26.0 Å². The Labute approximate surface area is 127 Å². The number of furan rings is 1. The van der Waals surface area contributed by atoms with Crippen LogP contribution in [0.3, 0.4) is 0 Å². The average Bonchev–Trinajstić information content (AvgIpc) is 3.04. The third-order valence-corrected chi connectivity index (χ3v) is 5.45. The number of hydrogen-bond donors (Lipinski definition) is 2. The van der Waals surface area contributed by atoms with Gasteiger partial charge in [-0.1, -0.05) is 0 Å². The highest BCUT2D eigenvalue weighted by Gasteiger charge is 2.18. The molecule has 0 aliphatic rings. The van der Waals surface area contributed by atoms with Crippen molar-refractivity contribution in [3.8, 4) is 0 Å². The van der Waals surface area contributed by atoms with Crippen molar-refractivity contribution in [2.75, 3.05) is 13.1 Å². The molecule has 0 fully saturated rings. The molecule has 0 saturated carbocycles. The van der Waals surface area contributed by atoms with E-state index >= 15 is 0 Å². The number of aryl methyl sites for hydroxylation is 2. The minimum Gasteiger partial charge on any atom is -0.472 e. The molecule has 8 heteroatoms. The zero-order chi connectivity index (χ0) is 15.5. The van der Waals surface area contributed by atoms with Crippen molar-refractivity contribution in [1.82, 2.24) is 10.0 Å². The van der Waals surface area contributed by atoms with Gasteiger partial charge in [0.1, 0.15) is 6.26 Å². The third-order valence-electron chi connectivity index (χ3n) is 2.77. The molecule has 0 spiro atoms. The first-order valence-corrected chi connectivity index (χ1v) is 8.57. The number of thiophene rings is 1. The molecule has 6 nitrogen and oxygen atoms in total. The second-order valence-electron chi connectivity index (χ2n) is 4.44. The summed E-state index contributed by atoms with van der Waals surface area (Å²) in [7, 11) is -3.53. The van der Waals surface area contributed by atoms with Gasteiger partial charge in [0.25, 0.3) is 5.91 Å². The fourth-order valence-corrected chi connectivity index (χ4v) is 4.39. The molecule has 0 atom stereocenters. The lowest BCUT2D eigenvalue weighted by molar-refractivity contribution is 0.0953. The highest BCUT2D eigenvalue weighted by Crippen LogP contribution is 2.24. The van der Waals surface area contributed by atoms with Crippen molar-refractivity contribution in [3.63, 3.8) is 0 Å². The normalized spacial score (nSPS) is 11.5. The quantitative estimate of drug-likeness (QED) is 0.790. The van der Waals surface area contributed by atoms with Crippen LogP contribution in [-0.2, 0) is 10.0 Å². The van der Waals surface area contributed by atoms with Crippen LogP contribution in [0.25, 0.3) is 0 Å². The van der Waals surface area contributed by atoms with E-state index in [0.717, 1.165) is 9.75 Å². The van der Waals surface area contributed by atoms with Gasteiger partial charge in [-0.15, -0.1) is 11.3 Å². The number of nitrogens with one attached hydrogen (secondary N) is 2. The van der Waals surface area contributed by atoms with E-state index < -0.39 is 10.0 Å². The Hall–Kier alpha value is -1.64. The molecule has 0 aromatic carbocycles. The van der Waals surface area contributed by atoms with Crippen molar-refractivity contribution in [1.29, 1.82) is 0 Å². The summed E-state index contributed by atoms with van der Waals surface area (Å²) in [5.41, 5.74) is 0.405. The summed E-state index contributed by atoms with van der Waals surface area (Å²) in [6, 6.07) is 3.18. The highest BCUT2D eigenvalue weighted by molar-refractivity contribution is 7.89. The molecular weight excluding hydrogens is 312 g/mol. The van der Waals surface area contributed by atoms with Gasteiger partial charge in [-0.3, -0.25) is 4.79 Å². The third kappa shape index (κ3) is 3.93. The summed E-state index contributed by atoms with van der Waals surface area (Å²) in [6.45, 7) is 3.96. The van der Waals surface area contributed by atoms with E-state index in [0.29, 0.717) is 10.5 Å². The molecule has 2 heterocycles. The lowest BCUT2D eigenvalue weighted by Gasteiger charge is -2.07. The smallest absolute Gasteiger partial charge is 0.254 e. The summed E-state index contributed by atoms with van der Waals surface area (Å²) in [5.74, 6) is -0.300. The number of amides is 1. The van der Waals surface area contributed by atoms with E-state index in [1.807, 2.05) is 6.92 Å². The Kier molecular flexibility index (Phi) is 4.81. The van der Waals surface area contributed by atoms with E-state index in [9.17, 15) is 13.2 Å². The Bertz CT molecular complexity index is 717. The standard InChI is InChI=1S/C13H16N2O4S2/c1-9-7-12(10(2)20-9)21(17,18)15-5-4-14-13(16)11-3-6-19-8-11/h3,6-8,15H,4-5H2,1-2H3,(H,14,16). The fraction of sp³-hybridized carbons (Fsp3) is 0.308. The molecule has 2 rings (SSSR count). The monoisotopic (exact) mass is 328 g/mol. The van der Waals surface area contributed by atoms with E-state index in [4.69, 9.17) is 4.42 Å². The predicted molar refractivity (Wildman–Crippen MR) is 80.0 cm³/mol. The number of rotatable bonds is 6. The van der Waals surface area contributed by atoms with Gasteiger partial charge < -0.3 is 9.73 Å². The molecule has 0 saturated heterocycles. The first-order chi connectivity index (χ1) is 9.90. The van der Waals surface area contributed by atoms with Gasteiger partial charge in [0.15, 0.2) is 0 Å². The van der Waals surface area contributed by atoms with Crippen LogP contribution in [0.1, 0.15) is 20.1 Å². The molecule has 1 amide bonds. The summed E-state index contributed by atoms with van der Waals surface area (Å²) < 4.78 is 31.5. The summed E-state index contributed by atoms with van der Waals surface area (Å²) >= 11 is 1.44. The molecule has 0 radical (unpaired) electrons. The van der Waals surface area contributed by atoms with Crippen LogP contribution in [0.15, 0.2) is 34.0 Å². The maximum Gasteiger partial charge on any atom is 0.254 e. The van der Waals surface area contributed by atoms with Crippen LogP contribution in [0.4, 0.5) is 0 Å². The maximum atomic E-state index is 12.1. The molecule has 2 N–H and O–H groups in total. The van der Waals surface area contributed by atoms with Crippen LogP contribution < -0.4 is 10.0 Å². The predicted octanol–water partition coefficient (Wildman–Crippen LogP) is 1.67. The van der Waals surface area contributed by atoms with Crippen LogP contribution in [-0.4, -0.2) is 27.4 Å². The van der Waals surface area contributed by atoms with Crippen molar-refractivity contribution < 1.29 is 17.6 Å². The topological polar surface area (TPSA) is 88.4 Å². The molecule has 0 unspecified atom stereocenters. The number of carbonyl (C=O) groups excluding carboxylic acids is 1. The van der Waals surface area contributed by atoms with Gasteiger partial charge in [0.2, 0.25) is 10.0 Å². The molecule has 114 valence electrons. The van der Waals surface area contributed by atoms with Crippen LogP contribution in [0, 0.1) is 13.8 Å². The Balaban J connectivity index is 1.86. The lowest BCUT2D eigenvalue weighted by Crippen LogP contribution is -2.34. The molecule has 2 aromatic rings. The minimum atomic E-state index is -3.53. The van der Waals surface area contributed by atoms with Crippen molar-refractivity contribution in [2.45, 2.75) is 18.7 Å². The van der Waals surface area contributed by atoms with Gasteiger partial charge in [-0.2, -0.15) is 0 Å². The van der Waals surface area contributed by atoms with E-state index in [2.05, 4.69) is 10.0 Å². The summed E-state index contributed by atoms with van der Waals surface area (Å²) in [6.07, 6.45) is 2.73. The minimum absolute atomic E-state index is 0.125. The largest absolute Gasteiger partial charge is 0.472 e. The average molecular weight is 328 g/mol. The van der Waals surface area contributed by atoms with Gasteiger partial charge >= 0.3 is 0 Å². The second-order valence-corrected chi connectivity index (χ2v) is 7.64. The molecule has 2 aromatic heterocycles. The Morgan fingerprint density at radius 3 is 2.67 bits per heavy atom. The SMILES string of the molecule is Cc1cc(S(=O)(=O)NCCNC(=O)c2ccoc2)c(C)s1. The van der Waals surface area contributed by atoms with Gasteiger partial charge in [-0.25, -0.2) is 13.1 Å². The zero-order valence-electron chi connectivity index (χ0n) is 11.7. The van der Waals surface area contributed by atoms with E-state index in [1.54, 1.807) is 13.0 Å². The van der Waals surface area contributed by atoms with E-state index in [-0.39, 0.29) is 19.0 Å². The summed E-state index contributed by atoms with van der Waals surface area (Å²) in [4.78, 5) is 13.6. The first kappa shape index (κ1) is 15.7. The molecule has 21 heavy (non-hydrogen) atoms. The molecule has 0 bridgehead atoms. The Morgan fingerprint density at radius 2 is 2.10 bits per heavy atom. The number of carbonyl (C=O) groups is 1. The van der Waals surface area contributed by atoms with Gasteiger partial charge in [0, 0.05) is 22.8 Å². The van der Waals surface area contributed by atoms with Crippen molar-refractivity contribution >= 4 is 27.3 Å². The van der Waals surface area contributed by atoms with Crippen LogP contribution >= 0.6 is 11.3 Å². The van der Waals surface area contributed by atoms with E-state index in [1.165, 1.54) is 29.9 Å². The summed E-state index contributed by atoms with van der Waals surface area (Å²) in [5, 5.41) is 2.61. The number of sulfonamides is 1. The molecule has 0 aliphatic heterocycles. The van der Waals surface area contributed by atoms with Crippen molar-refractivity contribution in [3.05, 3.63) is 40.0 Å². The first-order valence-electron chi connectivity index (χ1n) is 6.27. The Morgan fingerprint density at radius 1 is 1.33 bits per heavy atom. The van der Waals surface area contributed by atoms with Crippen molar-refractivity contribution in [2.24, 2.45) is 0 Å². The highest BCUT2D eigenvalue weighted by atomic mass is 32.2. The number of hydrogen-bond acceptors (Lipinski definition) is 5. The fourth-order valence-electron chi connectivity index (χ4n) is 1.81.